The van der Waals surface area contributed by atoms with Crippen molar-refractivity contribution in [2.75, 3.05) is 13.2 Å². The highest BCUT2D eigenvalue weighted by atomic mass is 19.4. The lowest BCUT2D eigenvalue weighted by atomic mass is 9.82. The molecule has 39 heavy (non-hydrogen) atoms. The zero-order chi connectivity index (χ0) is 27.1. The van der Waals surface area contributed by atoms with Crippen LogP contribution in [0.4, 0.5) is 13.2 Å². The minimum absolute atomic E-state index is 0.0546. The van der Waals surface area contributed by atoms with Gasteiger partial charge in [-0.2, -0.15) is 13.2 Å². The molecule has 1 N–H and O–H groups in total. The van der Waals surface area contributed by atoms with Crippen LogP contribution in [0.5, 0.6) is 5.88 Å². The molecule has 0 radical (unpaired) electrons. The number of aromatic nitrogens is 3. The zero-order valence-corrected chi connectivity index (χ0v) is 22.6. The van der Waals surface area contributed by atoms with E-state index in [4.69, 9.17) is 19.4 Å². The summed E-state index contributed by atoms with van der Waals surface area (Å²) >= 11 is 0. The van der Waals surface area contributed by atoms with Crippen molar-refractivity contribution < 1.29 is 27.8 Å². The fourth-order valence-corrected chi connectivity index (χ4v) is 7.48. The molecule has 0 aromatic carbocycles. The van der Waals surface area contributed by atoms with Crippen molar-refractivity contribution >= 4 is 10.9 Å². The number of hydrogen-bond donors (Lipinski definition) is 1. The third-order valence-corrected chi connectivity index (χ3v) is 9.26. The molecule has 0 spiro atoms. The zero-order valence-electron chi connectivity index (χ0n) is 22.6. The Morgan fingerprint density at radius 1 is 1.03 bits per heavy atom. The molecule has 4 aliphatic rings. The molecule has 6 rings (SSSR count). The molecule has 1 saturated carbocycles. The number of aliphatic hydroxyl groups is 1. The first-order valence-corrected chi connectivity index (χ1v) is 14.6. The smallest absolute Gasteiger partial charge is 0.389 e. The normalized spacial score (nSPS) is 32.5. The maximum Gasteiger partial charge on any atom is 0.389 e. The minimum atomic E-state index is -4.21. The number of pyridine rings is 1. The van der Waals surface area contributed by atoms with Gasteiger partial charge in [0.25, 0.3) is 0 Å². The van der Waals surface area contributed by atoms with Crippen LogP contribution in [0.25, 0.3) is 10.9 Å². The SMILES string of the molecule is C[C@H](Cc1ncc2c(OC3C[C@H]4CC[C@@H](C3)N4[C@@H]3CCOC3)ncc(C3CCC(O)CC3)c2n1)CC(F)(F)F. The molecule has 5 atom stereocenters. The van der Waals surface area contributed by atoms with Gasteiger partial charge in [0.15, 0.2) is 0 Å². The van der Waals surface area contributed by atoms with Crippen molar-refractivity contribution in [1.29, 1.82) is 0 Å². The Kier molecular flexibility index (Phi) is 7.72. The van der Waals surface area contributed by atoms with E-state index in [1.165, 1.54) is 12.8 Å². The standard InChI is InChI=1S/C29H39F3N4O3/c1-17(13-29(30,31)32)10-26-33-15-25-27(35-26)24(18-2-6-22(37)7-3-18)14-34-28(25)39-23-11-19-4-5-20(12-23)36(19)21-8-9-38-16-21/h14-15,17-23,37H,2-13,16H2,1H3/t17-,18?,19-,20+,21-,22?,23?/m1/s1. The van der Waals surface area contributed by atoms with Crippen LogP contribution in [0.1, 0.15) is 88.4 Å². The van der Waals surface area contributed by atoms with Gasteiger partial charge in [0.05, 0.1) is 23.6 Å². The van der Waals surface area contributed by atoms with Crippen LogP contribution < -0.4 is 4.74 Å². The molecule has 1 aliphatic carbocycles. The molecular weight excluding hydrogens is 509 g/mol. The summed E-state index contributed by atoms with van der Waals surface area (Å²) in [5.41, 5.74) is 1.71. The summed E-state index contributed by atoms with van der Waals surface area (Å²) in [6.45, 7) is 3.26. The number of halogens is 3. The van der Waals surface area contributed by atoms with E-state index in [1.54, 1.807) is 13.1 Å². The second-order valence-corrected chi connectivity index (χ2v) is 12.3. The number of aliphatic hydroxyl groups excluding tert-OH is 1. The third kappa shape index (κ3) is 6.03. The number of piperidine rings is 1. The average molecular weight is 549 g/mol. The summed E-state index contributed by atoms with van der Waals surface area (Å²) < 4.78 is 51.1. The number of nitrogens with zero attached hydrogens (tertiary/aromatic N) is 4. The van der Waals surface area contributed by atoms with Gasteiger partial charge < -0.3 is 14.6 Å². The van der Waals surface area contributed by atoms with Crippen molar-refractivity contribution in [3.63, 3.8) is 0 Å². The molecule has 10 heteroatoms. The first-order valence-electron chi connectivity index (χ1n) is 14.6. The second-order valence-electron chi connectivity index (χ2n) is 12.3. The molecule has 214 valence electrons. The summed E-state index contributed by atoms with van der Waals surface area (Å²) in [5, 5.41) is 10.7. The van der Waals surface area contributed by atoms with E-state index in [1.807, 2.05) is 6.20 Å². The van der Waals surface area contributed by atoms with E-state index in [0.29, 0.717) is 29.8 Å². The molecule has 3 aliphatic heterocycles. The van der Waals surface area contributed by atoms with E-state index >= 15 is 0 Å². The second kappa shape index (κ2) is 11.1. The van der Waals surface area contributed by atoms with Gasteiger partial charge in [0, 0.05) is 55.5 Å². The van der Waals surface area contributed by atoms with Gasteiger partial charge in [-0.25, -0.2) is 15.0 Å². The summed E-state index contributed by atoms with van der Waals surface area (Å²) in [6.07, 6.45) is 6.86. The Bertz CT molecular complexity index is 1140. The van der Waals surface area contributed by atoms with Crippen molar-refractivity contribution in [3.05, 3.63) is 23.8 Å². The van der Waals surface area contributed by atoms with Gasteiger partial charge in [-0.3, -0.25) is 4.90 Å². The van der Waals surface area contributed by atoms with Crippen molar-refractivity contribution in [1.82, 2.24) is 19.9 Å². The topological polar surface area (TPSA) is 80.6 Å². The van der Waals surface area contributed by atoms with Crippen LogP contribution in [0.15, 0.2) is 12.4 Å². The predicted molar refractivity (Wildman–Crippen MR) is 140 cm³/mol. The lowest BCUT2D eigenvalue weighted by Crippen LogP contribution is -2.51. The Labute approximate surface area is 227 Å². The van der Waals surface area contributed by atoms with E-state index in [0.717, 1.165) is 74.6 Å². The van der Waals surface area contributed by atoms with E-state index in [2.05, 4.69) is 9.88 Å². The first kappa shape index (κ1) is 27.1. The number of alkyl halides is 3. The van der Waals surface area contributed by atoms with Gasteiger partial charge in [-0.05, 0) is 69.6 Å². The average Bonchev–Trinajstić information content (AvgIpc) is 3.49. The van der Waals surface area contributed by atoms with Crippen molar-refractivity contribution in [3.8, 4) is 5.88 Å². The maximum absolute atomic E-state index is 13.0. The number of hydrogen-bond acceptors (Lipinski definition) is 7. The van der Waals surface area contributed by atoms with Crippen LogP contribution >= 0.6 is 0 Å². The van der Waals surface area contributed by atoms with Gasteiger partial charge >= 0.3 is 6.18 Å². The molecule has 5 heterocycles. The summed E-state index contributed by atoms with van der Waals surface area (Å²) in [5.74, 6) is 0.514. The lowest BCUT2D eigenvalue weighted by Gasteiger charge is -2.41. The van der Waals surface area contributed by atoms with Crippen molar-refractivity contribution in [2.45, 2.75) is 120 Å². The summed E-state index contributed by atoms with van der Waals surface area (Å²) in [4.78, 5) is 16.7. The molecule has 7 nitrogen and oxygen atoms in total. The molecular formula is C29H39F3N4O3. The molecule has 2 bridgehead atoms. The Morgan fingerprint density at radius 2 is 1.77 bits per heavy atom. The third-order valence-electron chi connectivity index (χ3n) is 9.26. The Morgan fingerprint density at radius 3 is 2.44 bits per heavy atom. The van der Waals surface area contributed by atoms with Crippen LogP contribution in [-0.4, -0.2) is 74.7 Å². The Hall–Kier alpha value is -2.04. The first-order chi connectivity index (χ1) is 18.7. The fraction of sp³-hybridized carbons (Fsp3) is 0.759. The number of ether oxygens (including phenoxy) is 2. The van der Waals surface area contributed by atoms with E-state index in [9.17, 15) is 18.3 Å². The molecule has 1 unspecified atom stereocenters. The van der Waals surface area contributed by atoms with E-state index in [-0.39, 0.29) is 24.5 Å². The minimum Gasteiger partial charge on any atom is -0.474 e. The molecule has 3 saturated heterocycles. The fourth-order valence-electron chi connectivity index (χ4n) is 7.48. The molecule has 2 aromatic heterocycles. The van der Waals surface area contributed by atoms with Crippen LogP contribution in [0.3, 0.4) is 0 Å². The van der Waals surface area contributed by atoms with Gasteiger partial charge in [0.1, 0.15) is 11.9 Å². The maximum atomic E-state index is 13.0. The Balaban J connectivity index is 1.25. The van der Waals surface area contributed by atoms with Gasteiger partial charge in [-0.1, -0.05) is 6.92 Å². The van der Waals surface area contributed by atoms with Crippen LogP contribution in [-0.2, 0) is 11.2 Å². The summed E-state index contributed by atoms with van der Waals surface area (Å²) in [7, 11) is 0. The van der Waals surface area contributed by atoms with Crippen molar-refractivity contribution in [2.24, 2.45) is 5.92 Å². The van der Waals surface area contributed by atoms with Crippen LogP contribution in [0, 0.1) is 5.92 Å². The summed E-state index contributed by atoms with van der Waals surface area (Å²) in [6, 6.07) is 1.51. The largest absolute Gasteiger partial charge is 0.474 e. The molecule has 0 amide bonds. The quantitative estimate of drug-likeness (QED) is 0.501. The monoisotopic (exact) mass is 548 g/mol. The lowest BCUT2D eigenvalue weighted by molar-refractivity contribution is -0.143. The number of rotatable bonds is 7. The molecule has 2 aromatic rings. The van der Waals surface area contributed by atoms with E-state index < -0.39 is 18.5 Å². The van der Waals surface area contributed by atoms with Gasteiger partial charge in [0.2, 0.25) is 5.88 Å². The highest BCUT2D eigenvalue weighted by Crippen LogP contribution is 2.42. The molecule has 4 fully saturated rings. The van der Waals surface area contributed by atoms with Gasteiger partial charge in [-0.15, -0.1) is 0 Å². The van der Waals surface area contributed by atoms with Crippen LogP contribution in [0.2, 0.25) is 0 Å². The number of fused-ring (bicyclic) bond motifs is 3. The highest BCUT2D eigenvalue weighted by Gasteiger charge is 2.45. The predicted octanol–water partition coefficient (Wildman–Crippen LogP) is 5.34. The highest BCUT2D eigenvalue weighted by molar-refractivity contribution is 5.85.